The molecule has 1 atom stereocenters. The van der Waals surface area contributed by atoms with Gasteiger partial charge in [-0.1, -0.05) is 18.2 Å². The molecular weight excluding hydrogens is 214 g/mol. The van der Waals surface area contributed by atoms with Crippen LogP contribution in [0.3, 0.4) is 0 Å². The zero-order chi connectivity index (χ0) is 11.7. The summed E-state index contributed by atoms with van der Waals surface area (Å²) in [6.07, 6.45) is 5.53. The topological polar surface area (TPSA) is 57.8 Å². The van der Waals surface area contributed by atoms with Gasteiger partial charge in [0, 0.05) is 11.8 Å². The van der Waals surface area contributed by atoms with E-state index in [0.29, 0.717) is 0 Å². The molecule has 0 saturated carbocycles. The summed E-state index contributed by atoms with van der Waals surface area (Å²) in [7, 11) is 0. The van der Waals surface area contributed by atoms with Gasteiger partial charge < -0.3 is 5.32 Å². The summed E-state index contributed by atoms with van der Waals surface area (Å²) in [5, 5.41) is 9.72. The smallest absolute Gasteiger partial charge is 0.252 e. The number of aromatic nitrogens is 2. The molecule has 0 fully saturated rings. The summed E-state index contributed by atoms with van der Waals surface area (Å²) in [6.45, 7) is 0. The number of rotatable bonds is 3. The number of nitrogens with zero attached hydrogens (tertiary/aromatic N) is 1. The van der Waals surface area contributed by atoms with Gasteiger partial charge in [0.1, 0.15) is 0 Å². The molecule has 17 heavy (non-hydrogen) atoms. The van der Waals surface area contributed by atoms with E-state index in [-0.39, 0.29) is 11.9 Å². The number of aryl methyl sites for hydroxylation is 1. The Morgan fingerprint density at radius 2 is 2.18 bits per heavy atom. The molecule has 2 aromatic rings. The number of nitrogens with one attached hydrogen (secondary N) is 2. The Morgan fingerprint density at radius 3 is 3.00 bits per heavy atom. The van der Waals surface area contributed by atoms with Crippen molar-refractivity contribution in [3.63, 3.8) is 0 Å². The molecule has 1 aliphatic heterocycles. The second-order valence-corrected chi connectivity index (χ2v) is 4.26. The minimum Gasteiger partial charge on any atom is -0.345 e. The maximum Gasteiger partial charge on any atom is 0.252 e. The number of carbonyl (C=O) groups is 1. The van der Waals surface area contributed by atoms with Crippen LogP contribution in [0.5, 0.6) is 0 Å². The van der Waals surface area contributed by atoms with Crippen LogP contribution in [0.4, 0.5) is 0 Å². The lowest BCUT2D eigenvalue weighted by atomic mass is 10.00. The van der Waals surface area contributed by atoms with Crippen LogP contribution in [-0.4, -0.2) is 16.1 Å². The summed E-state index contributed by atoms with van der Waals surface area (Å²) in [5.74, 6) is 0.0396. The molecule has 3 rings (SSSR count). The van der Waals surface area contributed by atoms with Crippen LogP contribution >= 0.6 is 0 Å². The van der Waals surface area contributed by atoms with Gasteiger partial charge in [-0.05, 0) is 30.0 Å². The lowest BCUT2D eigenvalue weighted by Gasteiger charge is -2.10. The number of aromatic amines is 1. The van der Waals surface area contributed by atoms with Gasteiger partial charge in [0.15, 0.2) is 0 Å². The quantitative estimate of drug-likeness (QED) is 0.840. The molecule has 0 saturated heterocycles. The standard InChI is InChI=1S/C13H13N3O/c17-13-11-4-2-1-3-10(11)12(16-13)6-5-9-7-14-15-8-9/h1-4,7-8,12H,5-6H2,(H,14,15)(H,16,17). The molecule has 2 heterocycles. The Kier molecular flexibility index (Phi) is 2.40. The van der Waals surface area contributed by atoms with E-state index >= 15 is 0 Å². The van der Waals surface area contributed by atoms with Crippen LogP contribution in [0, 0.1) is 0 Å². The first-order valence-electron chi connectivity index (χ1n) is 5.72. The molecular formula is C13H13N3O. The van der Waals surface area contributed by atoms with Crippen molar-refractivity contribution in [3.05, 3.63) is 53.3 Å². The Bertz CT molecular complexity index is 533. The molecule has 2 N–H and O–H groups in total. The van der Waals surface area contributed by atoms with Gasteiger partial charge in [0.25, 0.3) is 5.91 Å². The molecule has 1 aromatic heterocycles. The van der Waals surface area contributed by atoms with Crippen molar-refractivity contribution in [1.82, 2.24) is 15.5 Å². The van der Waals surface area contributed by atoms with Crippen molar-refractivity contribution < 1.29 is 4.79 Å². The minimum atomic E-state index is 0.0396. The monoisotopic (exact) mass is 227 g/mol. The van der Waals surface area contributed by atoms with Crippen LogP contribution in [0.1, 0.15) is 33.9 Å². The molecule has 0 aliphatic carbocycles. The van der Waals surface area contributed by atoms with Crippen LogP contribution in [0.15, 0.2) is 36.7 Å². The summed E-state index contributed by atoms with van der Waals surface area (Å²) < 4.78 is 0. The predicted molar refractivity (Wildman–Crippen MR) is 63.6 cm³/mol. The zero-order valence-electron chi connectivity index (χ0n) is 9.31. The van der Waals surface area contributed by atoms with E-state index in [1.807, 2.05) is 36.7 Å². The first-order chi connectivity index (χ1) is 8.34. The summed E-state index contributed by atoms with van der Waals surface area (Å²) in [5.41, 5.74) is 3.09. The molecule has 1 unspecified atom stereocenters. The average molecular weight is 227 g/mol. The van der Waals surface area contributed by atoms with E-state index in [1.165, 1.54) is 5.56 Å². The van der Waals surface area contributed by atoms with E-state index in [4.69, 9.17) is 0 Å². The lowest BCUT2D eigenvalue weighted by molar-refractivity contribution is 0.0955. The van der Waals surface area contributed by atoms with Gasteiger partial charge in [-0.25, -0.2) is 0 Å². The molecule has 0 radical (unpaired) electrons. The van der Waals surface area contributed by atoms with E-state index in [2.05, 4.69) is 15.5 Å². The molecule has 1 amide bonds. The molecule has 0 spiro atoms. The van der Waals surface area contributed by atoms with E-state index in [0.717, 1.165) is 24.0 Å². The number of carbonyl (C=O) groups excluding carboxylic acids is 1. The van der Waals surface area contributed by atoms with Crippen molar-refractivity contribution >= 4 is 5.91 Å². The third kappa shape index (κ3) is 1.82. The fourth-order valence-electron chi connectivity index (χ4n) is 2.27. The van der Waals surface area contributed by atoms with Gasteiger partial charge in [-0.2, -0.15) is 5.10 Å². The maximum atomic E-state index is 11.7. The van der Waals surface area contributed by atoms with Crippen molar-refractivity contribution in [2.45, 2.75) is 18.9 Å². The second kappa shape index (κ2) is 4.05. The van der Waals surface area contributed by atoms with E-state index in [9.17, 15) is 4.79 Å². The highest BCUT2D eigenvalue weighted by atomic mass is 16.2. The molecule has 1 aliphatic rings. The first kappa shape index (κ1) is 10.1. The van der Waals surface area contributed by atoms with Gasteiger partial charge >= 0.3 is 0 Å². The predicted octanol–water partition coefficient (Wildman–Crippen LogP) is 1.83. The third-order valence-corrected chi connectivity index (χ3v) is 3.16. The van der Waals surface area contributed by atoms with Crippen molar-refractivity contribution in [2.24, 2.45) is 0 Å². The van der Waals surface area contributed by atoms with Crippen LogP contribution in [0.25, 0.3) is 0 Å². The highest BCUT2D eigenvalue weighted by Gasteiger charge is 2.27. The number of amides is 1. The number of hydrogen-bond donors (Lipinski definition) is 2. The normalized spacial score (nSPS) is 17.9. The van der Waals surface area contributed by atoms with Crippen LogP contribution < -0.4 is 5.32 Å². The minimum absolute atomic E-state index is 0.0396. The summed E-state index contributed by atoms with van der Waals surface area (Å²) >= 11 is 0. The van der Waals surface area contributed by atoms with E-state index in [1.54, 1.807) is 0 Å². The van der Waals surface area contributed by atoms with Gasteiger partial charge in [-0.3, -0.25) is 9.89 Å². The summed E-state index contributed by atoms with van der Waals surface area (Å²) in [6, 6.07) is 7.91. The highest BCUT2D eigenvalue weighted by molar-refractivity contribution is 5.99. The van der Waals surface area contributed by atoms with Crippen molar-refractivity contribution in [2.75, 3.05) is 0 Å². The molecule has 4 nitrogen and oxygen atoms in total. The fraction of sp³-hybridized carbons (Fsp3) is 0.231. The number of benzene rings is 1. The summed E-state index contributed by atoms with van der Waals surface area (Å²) in [4.78, 5) is 11.7. The lowest BCUT2D eigenvalue weighted by Crippen LogP contribution is -2.19. The molecule has 86 valence electrons. The van der Waals surface area contributed by atoms with Crippen LogP contribution in [0.2, 0.25) is 0 Å². The molecule has 0 bridgehead atoms. The maximum absolute atomic E-state index is 11.7. The number of hydrogen-bond acceptors (Lipinski definition) is 2. The zero-order valence-corrected chi connectivity index (χ0v) is 9.31. The van der Waals surface area contributed by atoms with Gasteiger partial charge in [-0.15, -0.1) is 0 Å². The van der Waals surface area contributed by atoms with E-state index < -0.39 is 0 Å². The van der Waals surface area contributed by atoms with Crippen molar-refractivity contribution in [3.8, 4) is 0 Å². The Morgan fingerprint density at radius 1 is 1.29 bits per heavy atom. The molecule has 1 aromatic carbocycles. The second-order valence-electron chi connectivity index (χ2n) is 4.26. The third-order valence-electron chi connectivity index (χ3n) is 3.16. The van der Waals surface area contributed by atoms with Crippen molar-refractivity contribution in [1.29, 1.82) is 0 Å². The molecule has 4 heteroatoms. The SMILES string of the molecule is O=C1NC(CCc2cn[nH]c2)c2ccccc21. The largest absolute Gasteiger partial charge is 0.345 e. The fourth-order valence-corrected chi connectivity index (χ4v) is 2.27. The highest BCUT2D eigenvalue weighted by Crippen LogP contribution is 2.28. The average Bonchev–Trinajstić information content (AvgIpc) is 2.96. The Balaban J connectivity index is 1.76. The Hall–Kier alpha value is -2.10. The first-order valence-corrected chi connectivity index (χ1v) is 5.72. The van der Waals surface area contributed by atoms with Gasteiger partial charge in [0.05, 0.1) is 12.2 Å². The van der Waals surface area contributed by atoms with Crippen LogP contribution in [-0.2, 0) is 6.42 Å². The number of fused-ring (bicyclic) bond motifs is 1. The Labute approximate surface area is 99.1 Å². The number of H-pyrrole nitrogens is 1. The van der Waals surface area contributed by atoms with Gasteiger partial charge in [0.2, 0.25) is 0 Å².